The SMILES string of the molecule is C[C@H]1C(=O)C[C@H](c2ccco2)N2C(=O)[C@@H]3[C@@H](C(=O)Nc4ccccc4)[C@H]4C=C[C@@]3(O4)[C@@H]12. The third kappa shape index (κ3) is 2.41. The summed E-state index contributed by atoms with van der Waals surface area (Å²) in [7, 11) is 0. The number of piperidine rings is 1. The molecular formula is C24H22N2O5. The van der Waals surface area contributed by atoms with E-state index in [9.17, 15) is 14.4 Å². The van der Waals surface area contributed by atoms with E-state index in [0.717, 1.165) is 0 Å². The Bertz CT molecular complexity index is 1090. The molecule has 0 unspecified atom stereocenters. The number of hydrogen-bond donors (Lipinski definition) is 1. The van der Waals surface area contributed by atoms with Crippen LogP contribution >= 0.6 is 0 Å². The molecule has 4 aliphatic heterocycles. The molecule has 7 atom stereocenters. The largest absolute Gasteiger partial charge is 0.467 e. The second kappa shape index (κ2) is 6.40. The van der Waals surface area contributed by atoms with Crippen LogP contribution in [0.5, 0.6) is 0 Å². The highest BCUT2D eigenvalue weighted by atomic mass is 16.5. The van der Waals surface area contributed by atoms with Crippen molar-refractivity contribution in [2.75, 3.05) is 5.32 Å². The lowest BCUT2D eigenvalue weighted by Crippen LogP contribution is -2.55. The second-order valence-corrected chi connectivity index (χ2v) is 8.83. The number of ketones is 1. The molecular weight excluding hydrogens is 396 g/mol. The topological polar surface area (TPSA) is 88.9 Å². The van der Waals surface area contributed by atoms with Crippen molar-refractivity contribution in [2.45, 2.75) is 37.1 Å². The number of fused-ring (bicyclic) bond motifs is 2. The van der Waals surface area contributed by atoms with Crippen molar-refractivity contribution in [2.24, 2.45) is 17.8 Å². The standard InChI is InChI=1S/C24H22N2O5/c1-13-16(27)12-15(17-8-5-11-30-17)26-21(13)24-10-9-18(31-24)19(20(24)23(26)29)22(28)25-14-6-3-2-4-7-14/h2-11,13,15,18-21H,12H2,1H3,(H,25,28)/t13-,15+,18+,19-,20-,21+,24-/m0/s1. The third-order valence-electron chi connectivity index (χ3n) is 7.30. The lowest BCUT2D eigenvalue weighted by molar-refractivity contribution is -0.147. The first-order valence-corrected chi connectivity index (χ1v) is 10.6. The lowest BCUT2D eigenvalue weighted by Gasteiger charge is -2.43. The first kappa shape index (κ1) is 18.6. The van der Waals surface area contributed by atoms with Crippen molar-refractivity contribution < 1.29 is 23.5 Å². The van der Waals surface area contributed by atoms with Gasteiger partial charge in [-0.05, 0) is 24.3 Å². The molecule has 1 aromatic heterocycles. The van der Waals surface area contributed by atoms with E-state index in [1.165, 1.54) is 0 Å². The smallest absolute Gasteiger partial charge is 0.231 e. The molecule has 0 radical (unpaired) electrons. The number of hydrogen-bond acceptors (Lipinski definition) is 5. The normalized spacial score (nSPS) is 37.8. The first-order valence-electron chi connectivity index (χ1n) is 10.6. The van der Waals surface area contributed by atoms with Crippen molar-refractivity contribution in [3.05, 3.63) is 66.6 Å². The fraction of sp³-hybridized carbons (Fsp3) is 0.375. The zero-order valence-electron chi connectivity index (χ0n) is 16.9. The van der Waals surface area contributed by atoms with Gasteiger partial charge in [-0.15, -0.1) is 0 Å². The number of amides is 2. The zero-order chi connectivity index (χ0) is 21.3. The molecule has 4 aliphatic rings. The van der Waals surface area contributed by atoms with Crippen molar-refractivity contribution in [1.29, 1.82) is 0 Å². The second-order valence-electron chi connectivity index (χ2n) is 8.83. The molecule has 7 heteroatoms. The molecule has 1 N–H and O–H groups in total. The molecule has 0 saturated carbocycles. The quantitative estimate of drug-likeness (QED) is 0.775. The van der Waals surface area contributed by atoms with Crippen LogP contribution in [0.3, 0.4) is 0 Å². The van der Waals surface area contributed by atoms with Crippen LogP contribution in [0.25, 0.3) is 0 Å². The van der Waals surface area contributed by atoms with E-state index < -0.39 is 35.6 Å². The summed E-state index contributed by atoms with van der Waals surface area (Å²) in [6, 6.07) is 11.8. The van der Waals surface area contributed by atoms with Crippen molar-refractivity contribution in [3.63, 3.8) is 0 Å². The van der Waals surface area contributed by atoms with E-state index in [1.54, 1.807) is 23.3 Å². The van der Waals surface area contributed by atoms with Crippen LogP contribution in [-0.4, -0.2) is 40.2 Å². The number of ether oxygens (including phenoxy) is 1. The number of benzene rings is 1. The van der Waals surface area contributed by atoms with Gasteiger partial charge in [0.05, 0.1) is 36.3 Å². The highest BCUT2D eigenvalue weighted by Gasteiger charge is 2.74. The summed E-state index contributed by atoms with van der Waals surface area (Å²) in [4.78, 5) is 41.8. The van der Waals surface area contributed by atoms with Crippen LogP contribution in [0, 0.1) is 17.8 Å². The lowest BCUT2D eigenvalue weighted by atomic mass is 9.70. The minimum absolute atomic E-state index is 0.0723. The molecule has 31 heavy (non-hydrogen) atoms. The third-order valence-corrected chi connectivity index (χ3v) is 7.30. The summed E-state index contributed by atoms with van der Waals surface area (Å²) in [6.07, 6.45) is 5.05. The molecule has 6 rings (SSSR count). The summed E-state index contributed by atoms with van der Waals surface area (Å²) in [5.74, 6) is -1.44. The van der Waals surface area contributed by atoms with E-state index in [2.05, 4.69) is 5.32 Å². The average molecular weight is 418 g/mol. The molecule has 1 spiro atoms. The van der Waals surface area contributed by atoms with Gasteiger partial charge in [0.25, 0.3) is 0 Å². The number of rotatable bonds is 3. The summed E-state index contributed by atoms with van der Waals surface area (Å²) in [6.45, 7) is 1.85. The molecule has 5 heterocycles. The Morgan fingerprint density at radius 2 is 1.97 bits per heavy atom. The van der Waals surface area contributed by atoms with Crippen LogP contribution in [0.15, 0.2) is 65.3 Å². The van der Waals surface area contributed by atoms with Gasteiger partial charge in [-0.2, -0.15) is 0 Å². The summed E-state index contributed by atoms with van der Waals surface area (Å²) in [5.41, 5.74) is -0.297. The molecule has 158 valence electrons. The van der Waals surface area contributed by atoms with Gasteiger partial charge in [0.2, 0.25) is 11.8 Å². The minimum atomic E-state index is -0.971. The van der Waals surface area contributed by atoms with Crippen LogP contribution in [0.1, 0.15) is 25.1 Å². The van der Waals surface area contributed by atoms with Gasteiger partial charge in [0, 0.05) is 18.0 Å². The molecule has 3 fully saturated rings. The molecule has 2 amide bonds. The molecule has 1 aromatic carbocycles. The Morgan fingerprint density at radius 3 is 2.71 bits per heavy atom. The number of Topliss-reactive ketones (excluding diaryl/α,β-unsaturated/α-hetero) is 1. The monoisotopic (exact) mass is 418 g/mol. The predicted octanol–water partition coefficient (Wildman–Crippen LogP) is 2.72. The Morgan fingerprint density at radius 1 is 1.16 bits per heavy atom. The van der Waals surface area contributed by atoms with Gasteiger partial charge in [-0.1, -0.05) is 37.3 Å². The van der Waals surface area contributed by atoms with Gasteiger partial charge < -0.3 is 19.4 Å². The van der Waals surface area contributed by atoms with Crippen LogP contribution in [0.4, 0.5) is 5.69 Å². The van der Waals surface area contributed by atoms with Gasteiger partial charge in [-0.25, -0.2) is 0 Å². The van der Waals surface area contributed by atoms with E-state index in [4.69, 9.17) is 9.15 Å². The maximum Gasteiger partial charge on any atom is 0.231 e. The fourth-order valence-electron chi connectivity index (χ4n) is 6.01. The number of carbonyl (C=O) groups is 3. The molecule has 2 bridgehead atoms. The molecule has 7 nitrogen and oxygen atoms in total. The van der Waals surface area contributed by atoms with Gasteiger partial charge >= 0.3 is 0 Å². The Labute approximate surface area is 179 Å². The Balaban J connectivity index is 1.40. The average Bonchev–Trinajstić information content (AvgIpc) is 3.54. The summed E-state index contributed by atoms with van der Waals surface area (Å²) in [5, 5.41) is 2.93. The van der Waals surface area contributed by atoms with Crippen molar-refractivity contribution in [3.8, 4) is 0 Å². The van der Waals surface area contributed by atoms with E-state index in [-0.39, 0.29) is 29.9 Å². The maximum absolute atomic E-state index is 13.8. The highest BCUT2D eigenvalue weighted by Crippen LogP contribution is 2.59. The molecule has 2 aromatic rings. The van der Waals surface area contributed by atoms with Crippen LogP contribution in [0.2, 0.25) is 0 Å². The van der Waals surface area contributed by atoms with E-state index in [0.29, 0.717) is 11.4 Å². The van der Waals surface area contributed by atoms with E-state index >= 15 is 0 Å². The summed E-state index contributed by atoms with van der Waals surface area (Å²) >= 11 is 0. The Kier molecular flexibility index (Phi) is 3.84. The van der Waals surface area contributed by atoms with Gasteiger partial charge in [0.1, 0.15) is 17.1 Å². The predicted molar refractivity (Wildman–Crippen MR) is 110 cm³/mol. The van der Waals surface area contributed by atoms with E-state index in [1.807, 2.05) is 49.4 Å². The first-order chi connectivity index (χ1) is 15.0. The fourth-order valence-corrected chi connectivity index (χ4v) is 6.01. The number of anilines is 1. The van der Waals surface area contributed by atoms with Gasteiger partial charge in [0.15, 0.2) is 0 Å². The number of nitrogens with one attached hydrogen (secondary N) is 1. The minimum Gasteiger partial charge on any atom is -0.467 e. The number of furan rings is 1. The van der Waals surface area contributed by atoms with Crippen LogP contribution in [-0.2, 0) is 19.1 Å². The van der Waals surface area contributed by atoms with Crippen molar-refractivity contribution in [1.82, 2.24) is 4.90 Å². The zero-order valence-corrected chi connectivity index (χ0v) is 16.9. The highest BCUT2D eigenvalue weighted by molar-refractivity contribution is 6.00. The van der Waals surface area contributed by atoms with Crippen LogP contribution < -0.4 is 5.32 Å². The maximum atomic E-state index is 13.8. The number of para-hydroxylation sites is 1. The number of nitrogens with zero attached hydrogens (tertiary/aromatic N) is 1. The van der Waals surface area contributed by atoms with Crippen molar-refractivity contribution >= 4 is 23.3 Å². The summed E-state index contributed by atoms with van der Waals surface area (Å²) < 4.78 is 11.9. The molecule has 0 aliphatic carbocycles. The molecule has 3 saturated heterocycles. The van der Waals surface area contributed by atoms with Gasteiger partial charge in [-0.3, -0.25) is 14.4 Å². The Hall–Kier alpha value is -3.19. The number of carbonyl (C=O) groups excluding carboxylic acids is 3.